The van der Waals surface area contributed by atoms with Gasteiger partial charge >= 0.3 is 0 Å². The summed E-state index contributed by atoms with van der Waals surface area (Å²) in [7, 11) is 3.84. The van der Waals surface area contributed by atoms with Crippen LogP contribution in [-0.4, -0.2) is 89.1 Å². The minimum absolute atomic E-state index is 0. The molecule has 1 saturated heterocycles. The number of H-pyrrole nitrogens is 1. The number of imidazole rings is 1. The molecule has 176 valence electrons. The Morgan fingerprint density at radius 1 is 1.06 bits per heavy atom. The van der Waals surface area contributed by atoms with Crippen molar-refractivity contribution in [2.75, 3.05) is 58.3 Å². The Balaban J connectivity index is 0.00000306. The van der Waals surface area contributed by atoms with Crippen LogP contribution in [0.4, 0.5) is 5.95 Å². The van der Waals surface area contributed by atoms with Crippen LogP contribution in [0, 0.1) is 0 Å². The Labute approximate surface area is 212 Å². The van der Waals surface area contributed by atoms with Crippen molar-refractivity contribution in [2.24, 2.45) is 4.99 Å². The first-order valence-electron chi connectivity index (χ1n) is 11.0. The number of hydrogen-bond acceptors (Lipinski definition) is 6. The number of guanidine groups is 1. The quantitative estimate of drug-likeness (QED) is 0.260. The van der Waals surface area contributed by atoms with Crippen LogP contribution >= 0.6 is 24.0 Å². The van der Waals surface area contributed by atoms with Gasteiger partial charge in [0.05, 0.1) is 18.4 Å². The number of aliphatic imine (C=N–C) groups is 1. The summed E-state index contributed by atoms with van der Waals surface area (Å²) in [5.41, 5.74) is 2.16. The summed E-state index contributed by atoms with van der Waals surface area (Å²) >= 11 is 0. The number of halogens is 1. The van der Waals surface area contributed by atoms with Crippen LogP contribution in [0.25, 0.3) is 11.3 Å². The molecule has 0 atom stereocenters. The average Bonchev–Trinajstić information content (AvgIpc) is 3.32. The molecule has 0 amide bonds. The Bertz CT molecular complexity index is 985. The van der Waals surface area contributed by atoms with Gasteiger partial charge in [-0.3, -0.25) is 9.89 Å². The molecule has 0 saturated carbocycles. The number of rotatable bonds is 7. The van der Waals surface area contributed by atoms with E-state index in [1.807, 2.05) is 44.6 Å². The van der Waals surface area contributed by atoms with Gasteiger partial charge in [0, 0.05) is 65.8 Å². The minimum Gasteiger partial charge on any atom is -0.355 e. The number of nitrogens with one attached hydrogen (secondary N) is 2. The molecule has 3 heterocycles. The second kappa shape index (κ2) is 12.5. The topological polar surface area (TPSA) is 88.6 Å². The van der Waals surface area contributed by atoms with Crippen LogP contribution in [0.15, 0.2) is 60.0 Å². The van der Waals surface area contributed by atoms with Gasteiger partial charge < -0.3 is 20.1 Å². The summed E-state index contributed by atoms with van der Waals surface area (Å²) in [6.45, 7) is 6.36. The van der Waals surface area contributed by atoms with E-state index in [2.05, 4.69) is 57.1 Å². The number of aromatic amines is 1. The molecule has 0 radical (unpaired) electrons. The smallest absolute Gasteiger partial charge is 0.225 e. The Morgan fingerprint density at radius 3 is 2.48 bits per heavy atom. The van der Waals surface area contributed by atoms with Gasteiger partial charge in [-0.2, -0.15) is 0 Å². The fraction of sp³-hybridized carbons (Fsp3) is 0.391. The van der Waals surface area contributed by atoms with Gasteiger partial charge in [0.25, 0.3) is 0 Å². The molecule has 2 N–H and O–H groups in total. The molecule has 1 aliphatic rings. The third-order valence-corrected chi connectivity index (χ3v) is 5.59. The lowest BCUT2D eigenvalue weighted by Crippen LogP contribution is -2.49. The summed E-state index contributed by atoms with van der Waals surface area (Å²) in [6, 6.07) is 12.1. The third-order valence-electron chi connectivity index (χ3n) is 5.59. The maximum absolute atomic E-state index is 4.53. The normalized spacial score (nSPS) is 14.6. The molecular weight excluding hydrogens is 529 g/mol. The number of benzene rings is 1. The SMILES string of the molecule is CN=C(NCCN1CCN(c2ncccn2)CC1)N(C)Cc1ncc(-c2ccccc2)[nH]1.I. The molecule has 0 aliphatic carbocycles. The van der Waals surface area contributed by atoms with Crippen molar-refractivity contribution >= 4 is 35.9 Å². The second-order valence-corrected chi connectivity index (χ2v) is 7.82. The fourth-order valence-electron chi connectivity index (χ4n) is 3.84. The Hall–Kier alpha value is -2.73. The van der Waals surface area contributed by atoms with Gasteiger partial charge in [0.2, 0.25) is 5.95 Å². The number of anilines is 1. The van der Waals surface area contributed by atoms with Gasteiger partial charge in [-0.05, 0) is 11.6 Å². The second-order valence-electron chi connectivity index (χ2n) is 7.82. The number of nitrogens with zero attached hydrogens (tertiary/aromatic N) is 7. The van der Waals surface area contributed by atoms with Crippen LogP contribution in [-0.2, 0) is 6.54 Å². The number of hydrogen-bond donors (Lipinski definition) is 2. The highest BCUT2D eigenvalue weighted by molar-refractivity contribution is 14.0. The third kappa shape index (κ3) is 6.87. The predicted octanol–water partition coefficient (Wildman–Crippen LogP) is 2.31. The lowest BCUT2D eigenvalue weighted by molar-refractivity contribution is 0.259. The van der Waals surface area contributed by atoms with E-state index in [1.165, 1.54) is 0 Å². The van der Waals surface area contributed by atoms with Gasteiger partial charge in [0.1, 0.15) is 5.82 Å². The maximum Gasteiger partial charge on any atom is 0.225 e. The van der Waals surface area contributed by atoms with Crippen LogP contribution in [0.1, 0.15) is 5.82 Å². The molecule has 1 aromatic carbocycles. The van der Waals surface area contributed by atoms with Crippen LogP contribution in [0.5, 0.6) is 0 Å². The lowest BCUT2D eigenvalue weighted by Gasteiger charge is -2.34. The average molecular weight is 561 g/mol. The first-order valence-corrected chi connectivity index (χ1v) is 11.0. The molecule has 0 unspecified atom stereocenters. The molecule has 0 bridgehead atoms. The fourth-order valence-corrected chi connectivity index (χ4v) is 3.84. The zero-order chi connectivity index (χ0) is 22.2. The molecular formula is C23H32IN9. The summed E-state index contributed by atoms with van der Waals surface area (Å²) in [4.78, 5) is 27.8. The van der Waals surface area contributed by atoms with Crippen molar-refractivity contribution in [1.29, 1.82) is 0 Å². The zero-order valence-electron chi connectivity index (χ0n) is 19.2. The van der Waals surface area contributed by atoms with Crippen LogP contribution < -0.4 is 10.2 Å². The van der Waals surface area contributed by atoms with E-state index in [4.69, 9.17) is 0 Å². The van der Waals surface area contributed by atoms with E-state index >= 15 is 0 Å². The van der Waals surface area contributed by atoms with Crippen LogP contribution in [0.3, 0.4) is 0 Å². The standard InChI is InChI=1S/C23H31N9.HI/c1-24-22(30(2)18-21-28-17-20(29-21)19-7-4-3-5-8-19)27-11-12-31-13-15-32(16-14-31)23-25-9-6-10-26-23;/h3-10,17H,11-16,18H2,1-2H3,(H,24,27)(H,28,29);1H. The monoisotopic (exact) mass is 561 g/mol. The maximum atomic E-state index is 4.53. The zero-order valence-corrected chi connectivity index (χ0v) is 21.5. The van der Waals surface area contributed by atoms with Gasteiger partial charge in [-0.1, -0.05) is 30.3 Å². The van der Waals surface area contributed by atoms with Gasteiger partial charge in [-0.15, -0.1) is 24.0 Å². The molecule has 2 aromatic heterocycles. The highest BCUT2D eigenvalue weighted by atomic mass is 127. The molecule has 1 aliphatic heterocycles. The molecule has 4 rings (SSSR count). The van der Waals surface area contributed by atoms with Crippen molar-refractivity contribution in [1.82, 2.24) is 35.1 Å². The van der Waals surface area contributed by atoms with Crippen molar-refractivity contribution in [2.45, 2.75) is 6.54 Å². The number of piperazine rings is 1. The van der Waals surface area contributed by atoms with Gasteiger partial charge in [0.15, 0.2) is 5.96 Å². The van der Waals surface area contributed by atoms with E-state index in [0.29, 0.717) is 6.54 Å². The van der Waals surface area contributed by atoms with E-state index in [-0.39, 0.29) is 24.0 Å². The summed E-state index contributed by atoms with van der Waals surface area (Å²) < 4.78 is 0. The molecule has 10 heteroatoms. The highest BCUT2D eigenvalue weighted by Gasteiger charge is 2.18. The Morgan fingerprint density at radius 2 is 1.79 bits per heavy atom. The van der Waals surface area contributed by atoms with Crippen molar-refractivity contribution in [3.8, 4) is 11.3 Å². The predicted molar refractivity (Wildman–Crippen MR) is 143 cm³/mol. The van der Waals surface area contributed by atoms with Crippen molar-refractivity contribution in [3.05, 3.63) is 60.8 Å². The van der Waals surface area contributed by atoms with E-state index in [0.717, 1.165) is 68.3 Å². The molecule has 3 aromatic rings. The molecule has 1 fully saturated rings. The highest BCUT2D eigenvalue weighted by Crippen LogP contribution is 2.16. The van der Waals surface area contributed by atoms with E-state index < -0.39 is 0 Å². The molecule has 9 nitrogen and oxygen atoms in total. The van der Waals surface area contributed by atoms with Crippen molar-refractivity contribution < 1.29 is 0 Å². The van der Waals surface area contributed by atoms with Crippen molar-refractivity contribution in [3.63, 3.8) is 0 Å². The summed E-state index contributed by atoms with van der Waals surface area (Å²) in [5, 5.41) is 3.47. The molecule has 33 heavy (non-hydrogen) atoms. The summed E-state index contributed by atoms with van der Waals surface area (Å²) in [6.07, 6.45) is 5.48. The van der Waals surface area contributed by atoms with Gasteiger partial charge in [-0.25, -0.2) is 15.0 Å². The molecule has 0 spiro atoms. The Kier molecular flexibility index (Phi) is 9.43. The largest absolute Gasteiger partial charge is 0.355 e. The summed E-state index contributed by atoms with van der Waals surface area (Å²) in [5.74, 6) is 2.59. The number of aromatic nitrogens is 4. The minimum atomic E-state index is 0. The van der Waals surface area contributed by atoms with E-state index in [1.54, 1.807) is 12.4 Å². The van der Waals surface area contributed by atoms with Crippen LogP contribution in [0.2, 0.25) is 0 Å². The first-order chi connectivity index (χ1) is 15.7. The lowest BCUT2D eigenvalue weighted by atomic mass is 10.2. The van der Waals surface area contributed by atoms with E-state index in [9.17, 15) is 0 Å². The first kappa shape index (κ1) is 24.9.